The zero-order valence-corrected chi connectivity index (χ0v) is 9.71. The van der Waals surface area contributed by atoms with Gasteiger partial charge in [0.2, 0.25) is 0 Å². The highest BCUT2D eigenvalue weighted by molar-refractivity contribution is 6.31. The van der Waals surface area contributed by atoms with Crippen molar-refractivity contribution < 1.29 is 9.13 Å². The summed E-state index contributed by atoms with van der Waals surface area (Å²) in [5, 5.41) is 0.470. The lowest BCUT2D eigenvalue weighted by Crippen LogP contribution is -2.39. The summed E-state index contributed by atoms with van der Waals surface area (Å²) >= 11 is 5.97. The van der Waals surface area contributed by atoms with Gasteiger partial charge in [-0.05, 0) is 25.0 Å². The summed E-state index contributed by atoms with van der Waals surface area (Å²) in [7, 11) is 0. The van der Waals surface area contributed by atoms with Gasteiger partial charge >= 0.3 is 0 Å². The molecule has 4 heteroatoms. The third kappa shape index (κ3) is 2.54. The van der Waals surface area contributed by atoms with Gasteiger partial charge in [-0.15, -0.1) is 0 Å². The van der Waals surface area contributed by atoms with Crippen molar-refractivity contribution in [2.24, 2.45) is 11.7 Å². The number of hydrogen-bond donors (Lipinski definition) is 1. The average Bonchev–Trinajstić information content (AvgIpc) is 2.26. The topological polar surface area (TPSA) is 35.2 Å². The molecule has 2 nitrogen and oxygen atoms in total. The number of hydrogen-bond acceptors (Lipinski definition) is 2. The second-order valence-electron chi connectivity index (χ2n) is 4.19. The van der Waals surface area contributed by atoms with E-state index in [0.717, 1.165) is 6.42 Å². The summed E-state index contributed by atoms with van der Waals surface area (Å²) in [6.45, 7) is 1.29. The van der Waals surface area contributed by atoms with Crippen molar-refractivity contribution in [3.63, 3.8) is 0 Å². The first kappa shape index (κ1) is 11.8. The number of benzene rings is 1. The monoisotopic (exact) mass is 243 g/mol. The molecule has 0 aromatic heterocycles. The van der Waals surface area contributed by atoms with Crippen LogP contribution in [0.5, 0.6) is 0 Å². The maximum atomic E-state index is 13.6. The van der Waals surface area contributed by atoms with Crippen LogP contribution in [0.2, 0.25) is 5.02 Å². The van der Waals surface area contributed by atoms with E-state index in [1.54, 1.807) is 12.1 Å². The number of rotatable bonds is 2. The van der Waals surface area contributed by atoms with Gasteiger partial charge in [0.15, 0.2) is 0 Å². The molecule has 0 spiro atoms. The predicted octanol–water partition coefficient (Wildman–Crippen LogP) is 2.39. The molecule has 2 atom stereocenters. The van der Waals surface area contributed by atoms with E-state index < -0.39 is 0 Å². The van der Waals surface area contributed by atoms with Crippen LogP contribution in [0.3, 0.4) is 0 Å². The number of halogens is 2. The Morgan fingerprint density at radius 3 is 3.00 bits per heavy atom. The molecule has 0 saturated carbocycles. The van der Waals surface area contributed by atoms with Gasteiger partial charge in [-0.3, -0.25) is 0 Å². The Kier molecular flexibility index (Phi) is 3.79. The van der Waals surface area contributed by atoms with Gasteiger partial charge in [0.25, 0.3) is 0 Å². The lowest BCUT2D eigenvalue weighted by atomic mass is 9.90. The molecule has 1 aliphatic rings. The van der Waals surface area contributed by atoms with E-state index in [1.807, 2.05) is 0 Å². The SMILES string of the molecule is N[C@H]1CCOC[C@H]1Cc1c(F)cccc1Cl. The molecule has 1 heterocycles. The fourth-order valence-electron chi connectivity index (χ4n) is 2.01. The predicted molar refractivity (Wildman–Crippen MR) is 62.0 cm³/mol. The maximum absolute atomic E-state index is 13.6. The van der Waals surface area contributed by atoms with Crippen LogP contribution in [-0.2, 0) is 11.2 Å². The summed E-state index contributed by atoms with van der Waals surface area (Å²) in [6.07, 6.45) is 1.38. The van der Waals surface area contributed by atoms with E-state index >= 15 is 0 Å². The maximum Gasteiger partial charge on any atom is 0.127 e. The standard InChI is InChI=1S/C12H15ClFNO/c13-10-2-1-3-11(14)9(10)6-8-7-16-5-4-12(8)15/h1-3,8,12H,4-7,15H2/t8-,12+/m1/s1. The smallest absolute Gasteiger partial charge is 0.127 e. The van der Waals surface area contributed by atoms with Crippen LogP contribution in [0.15, 0.2) is 18.2 Å². The Hall–Kier alpha value is -0.640. The van der Waals surface area contributed by atoms with Crippen molar-refractivity contribution in [3.8, 4) is 0 Å². The minimum atomic E-state index is -0.259. The second kappa shape index (κ2) is 5.13. The molecule has 0 amide bonds. The molecule has 0 unspecified atom stereocenters. The zero-order chi connectivity index (χ0) is 11.5. The Labute approximate surface area is 99.5 Å². The number of ether oxygens (including phenoxy) is 1. The van der Waals surface area contributed by atoms with Gasteiger partial charge in [0, 0.05) is 29.2 Å². The van der Waals surface area contributed by atoms with E-state index in [-0.39, 0.29) is 17.8 Å². The van der Waals surface area contributed by atoms with Crippen LogP contribution < -0.4 is 5.73 Å². The van der Waals surface area contributed by atoms with E-state index in [0.29, 0.717) is 30.2 Å². The van der Waals surface area contributed by atoms with E-state index in [4.69, 9.17) is 22.1 Å². The van der Waals surface area contributed by atoms with Gasteiger partial charge < -0.3 is 10.5 Å². The minimum absolute atomic E-state index is 0.0735. The highest BCUT2D eigenvalue weighted by Crippen LogP contribution is 2.25. The molecule has 0 radical (unpaired) electrons. The van der Waals surface area contributed by atoms with Gasteiger partial charge in [0.05, 0.1) is 6.61 Å². The lowest BCUT2D eigenvalue weighted by molar-refractivity contribution is 0.0420. The molecule has 88 valence electrons. The first-order chi connectivity index (χ1) is 7.68. The van der Waals surface area contributed by atoms with E-state index in [1.165, 1.54) is 6.07 Å². The van der Waals surface area contributed by atoms with Gasteiger partial charge in [-0.2, -0.15) is 0 Å². The fraction of sp³-hybridized carbons (Fsp3) is 0.500. The van der Waals surface area contributed by atoms with Crippen molar-refractivity contribution in [2.45, 2.75) is 18.9 Å². The van der Waals surface area contributed by atoms with Crippen molar-refractivity contribution in [3.05, 3.63) is 34.6 Å². The molecule has 16 heavy (non-hydrogen) atoms. The summed E-state index contributed by atoms with van der Waals surface area (Å²) < 4.78 is 18.9. The van der Waals surface area contributed by atoms with Crippen LogP contribution in [0.1, 0.15) is 12.0 Å². The van der Waals surface area contributed by atoms with Crippen molar-refractivity contribution in [2.75, 3.05) is 13.2 Å². The molecule has 1 saturated heterocycles. The normalized spacial score (nSPS) is 25.7. The summed E-state index contributed by atoms with van der Waals surface area (Å²) in [5.74, 6) is -0.103. The Bertz CT molecular complexity index is 352. The third-order valence-electron chi connectivity index (χ3n) is 3.06. The molecule has 2 rings (SSSR count). The molecule has 1 aliphatic heterocycles. The average molecular weight is 244 g/mol. The fourth-order valence-corrected chi connectivity index (χ4v) is 2.25. The molecule has 2 N–H and O–H groups in total. The largest absolute Gasteiger partial charge is 0.381 e. The molecular formula is C12H15ClFNO. The van der Waals surface area contributed by atoms with Crippen LogP contribution >= 0.6 is 11.6 Å². The molecule has 0 bridgehead atoms. The van der Waals surface area contributed by atoms with Crippen LogP contribution in [0, 0.1) is 11.7 Å². The second-order valence-corrected chi connectivity index (χ2v) is 4.60. The molecule has 1 aromatic carbocycles. The van der Waals surface area contributed by atoms with Gasteiger partial charge in [-0.25, -0.2) is 4.39 Å². The van der Waals surface area contributed by atoms with Gasteiger partial charge in [-0.1, -0.05) is 17.7 Å². The molecule has 0 aliphatic carbocycles. The number of nitrogens with two attached hydrogens (primary N) is 1. The van der Waals surface area contributed by atoms with Crippen LogP contribution in [0.4, 0.5) is 4.39 Å². The lowest BCUT2D eigenvalue weighted by Gasteiger charge is -2.29. The Morgan fingerprint density at radius 2 is 2.31 bits per heavy atom. The third-order valence-corrected chi connectivity index (χ3v) is 3.42. The Morgan fingerprint density at radius 1 is 1.50 bits per heavy atom. The zero-order valence-electron chi connectivity index (χ0n) is 8.96. The van der Waals surface area contributed by atoms with E-state index in [9.17, 15) is 4.39 Å². The van der Waals surface area contributed by atoms with E-state index in [2.05, 4.69) is 0 Å². The molecular weight excluding hydrogens is 229 g/mol. The van der Waals surface area contributed by atoms with Crippen LogP contribution in [-0.4, -0.2) is 19.3 Å². The highest BCUT2D eigenvalue weighted by atomic mass is 35.5. The van der Waals surface area contributed by atoms with Gasteiger partial charge in [0.1, 0.15) is 5.82 Å². The first-order valence-electron chi connectivity index (χ1n) is 5.44. The molecule has 1 aromatic rings. The van der Waals surface area contributed by atoms with Crippen LogP contribution in [0.25, 0.3) is 0 Å². The van der Waals surface area contributed by atoms with Crippen molar-refractivity contribution >= 4 is 11.6 Å². The summed E-state index contributed by atoms with van der Waals surface area (Å²) in [6, 6.07) is 4.81. The van der Waals surface area contributed by atoms with Crippen molar-refractivity contribution in [1.29, 1.82) is 0 Å². The first-order valence-corrected chi connectivity index (χ1v) is 5.82. The molecule has 1 fully saturated rings. The summed E-state index contributed by atoms with van der Waals surface area (Å²) in [4.78, 5) is 0. The minimum Gasteiger partial charge on any atom is -0.381 e. The summed E-state index contributed by atoms with van der Waals surface area (Å²) in [5.41, 5.74) is 6.53. The Balaban J connectivity index is 2.13. The highest BCUT2D eigenvalue weighted by Gasteiger charge is 2.24. The van der Waals surface area contributed by atoms with Crippen molar-refractivity contribution in [1.82, 2.24) is 0 Å². The quantitative estimate of drug-likeness (QED) is 0.866.